The van der Waals surface area contributed by atoms with E-state index in [-0.39, 0.29) is 36.7 Å². The van der Waals surface area contributed by atoms with Crippen molar-refractivity contribution in [3.05, 3.63) is 0 Å². The summed E-state index contributed by atoms with van der Waals surface area (Å²) in [7, 11) is 1.34. The molecule has 1 rings (SSSR count). The summed E-state index contributed by atoms with van der Waals surface area (Å²) < 4.78 is 4.47. The summed E-state index contributed by atoms with van der Waals surface area (Å²) in [4.78, 5) is 22.3. The second kappa shape index (κ2) is 8.35. The first kappa shape index (κ1) is 15.2. The summed E-state index contributed by atoms with van der Waals surface area (Å²) in [6, 6.07) is -0.0867. The lowest BCUT2D eigenvalue weighted by Gasteiger charge is -2.22. The van der Waals surface area contributed by atoms with Gasteiger partial charge in [-0.05, 0) is 19.4 Å². The second-order valence-corrected chi connectivity index (χ2v) is 3.62. The smallest absolute Gasteiger partial charge is 0.307 e. The minimum Gasteiger partial charge on any atom is -0.469 e. The van der Waals surface area contributed by atoms with Crippen molar-refractivity contribution in [2.75, 3.05) is 20.2 Å². The van der Waals surface area contributed by atoms with E-state index < -0.39 is 0 Å². The largest absolute Gasteiger partial charge is 0.469 e. The Morgan fingerprint density at radius 1 is 1.44 bits per heavy atom. The molecule has 1 amide bonds. The SMILES string of the molecule is COC(=O)CCNC(=O)C1CCCCN1.Cl. The summed E-state index contributed by atoms with van der Waals surface area (Å²) >= 11 is 0. The minimum atomic E-state index is -0.299. The predicted molar refractivity (Wildman–Crippen MR) is 62.5 cm³/mol. The van der Waals surface area contributed by atoms with E-state index in [1.54, 1.807) is 0 Å². The van der Waals surface area contributed by atoms with Crippen LogP contribution < -0.4 is 10.6 Å². The molecule has 0 saturated carbocycles. The Morgan fingerprint density at radius 3 is 2.75 bits per heavy atom. The molecule has 16 heavy (non-hydrogen) atoms. The van der Waals surface area contributed by atoms with Crippen LogP contribution in [0.15, 0.2) is 0 Å². The zero-order valence-electron chi connectivity index (χ0n) is 9.45. The van der Waals surface area contributed by atoms with E-state index in [1.807, 2.05) is 0 Å². The van der Waals surface area contributed by atoms with Crippen LogP contribution in [0.2, 0.25) is 0 Å². The van der Waals surface area contributed by atoms with Gasteiger partial charge in [0.05, 0.1) is 19.6 Å². The first-order chi connectivity index (χ1) is 7.24. The van der Waals surface area contributed by atoms with Crippen LogP contribution in [0.1, 0.15) is 25.7 Å². The lowest BCUT2D eigenvalue weighted by Crippen LogP contribution is -2.47. The van der Waals surface area contributed by atoms with Gasteiger partial charge in [-0.15, -0.1) is 12.4 Å². The molecule has 1 atom stereocenters. The third kappa shape index (κ3) is 5.32. The van der Waals surface area contributed by atoms with Crippen molar-refractivity contribution in [2.45, 2.75) is 31.7 Å². The molecule has 1 fully saturated rings. The zero-order chi connectivity index (χ0) is 11.1. The summed E-state index contributed by atoms with van der Waals surface area (Å²) in [6.45, 7) is 1.25. The number of nitrogens with one attached hydrogen (secondary N) is 2. The molecule has 1 heterocycles. The maximum atomic E-state index is 11.5. The minimum absolute atomic E-state index is 0. The van der Waals surface area contributed by atoms with Crippen molar-refractivity contribution in [1.82, 2.24) is 10.6 Å². The zero-order valence-corrected chi connectivity index (χ0v) is 10.3. The molecule has 0 spiro atoms. The second-order valence-electron chi connectivity index (χ2n) is 3.62. The third-order valence-corrected chi connectivity index (χ3v) is 2.48. The Morgan fingerprint density at radius 2 is 2.19 bits per heavy atom. The Bertz CT molecular complexity index is 230. The van der Waals surface area contributed by atoms with Crippen LogP contribution in [0.4, 0.5) is 0 Å². The highest BCUT2D eigenvalue weighted by Crippen LogP contribution is 2.06. The van der Waals surface area contributed by atoms with Crippen molar-refractivity contribution < 1.29 is 14.3 Å². The average molecular weight is 251 g/mol. The molecule has 5 nitrogen and oxygen atoms in total. The van der Waals surface area contributed by atoms with Crippen LogP contribution in [0.25, 0.3) is 0 Å². The van der Waals surface area contributed by atoms with Gasteiger partial charge < -0.3 is 15.4 Å². The van der Waals surface area contributed by atoms with Gasteiger partial charge in [-0.25, -0.2) is 0 Å². The van der Waals surface area contributed by atoms with Gasteiger partial charge in [-0.1, -0.05) is 6.42 Å². The molecule has 0 aromatic heterocycles. The molecular formula is C10H19ClN2O3. The van der Waals surface area contributed by atoms with Gasteiger partial charge >= 0.3 is 5.97 Å². The third-order valence-electron chi connectivity index (χ3n) is 2.48. The van der Waals surface area contributed by atoms with Gasteiger partial charge in [-0.3, -0.25) is 9.59 Å². The molecule has 0 aromatic carbocycles. The van der Waals surface area contributed by atoms with Crippen LogP contribution in [-0.2, 0) is 14.3 Å². The Labute approximate surface area is 102 Å². The number of esters is 1. The summed E-state index contributed by atoms with van der Waals surface area (Å²) in [5, 5.41) is 5.86. The summed E-state index contributed by atoms with van der Waals surface area (Å²) in [5.41, 5.74) is 0. The van der Waals surface area contributed by atoms with Crippen molar-refractivity contribution in [2.24, 2.45) is 0 Å². The van der Waals surface area contributed by atoms with Crippen molar-refractivity contribution >= 4 is 24.3 Å². The van der Waals surface area contributed by atoms with E-state index in [2.05, 4.69) is 15.4 Å². The highest BCUT2D eigenvalue weighted by molar-refractivity contribution is 5.85. The lowest BCUT2D eigenvalue weighted by molar-refractivity contribution is -0.140. The number of rotatable bonds is 4. The van der Waals surface area contributed by atoms with Crippen molar-refractivity contribution in [3.63, 3.8) is 0 Å². The monoisotopic (exact) mass is 250 g/mol. The molecule has 1 aliphatic rings. The standard InChI is InChI=1S/C10H18N2O3.ClH/c1-15-9(13)5-7-12-10(14)8-4-2-3-6-11-8;/h8,11H,2-7H2,1H3,(H,12,14);1H. The number of hydrogen-bond donors (Lipinski definition) is 2. The van der Waals surface area contributed by atoms with Gasteiger partial charge in [0, 0.05) is 6.54 Å². The van der Waals surface area contributed by atoms with Crippen molar-refractivity contribution in [3.8, 4) is 0 Å². The van der Waals surface area contributed by atoms with Crippen LogP contribution in [-0.4, -0.2) is 38.1 Å². The molecule has 2 N–H and O–H groups in total. The van der Waals surface area contributed by atoms with Gasteiger partial charge in [0.2, 0.25) is 5.91 Å². The highest BCUT2D eigenvalue weighted by Gasteiger charge is 2.19. The number of carbonyl (C=O) groups excluding carboxylic acids is 2. The summed E-state index contributed by atoms with van der Waals surface area (Å²) in [6.07, 6.45) is 3.33. The molecular weight excluding hydrogens is 232 g/mol. The van der Waals surface area contributed by atoms with Crippen LogP contribution >= 0.6 is 12.4 Å². The van der Waals surface area contributed by atoms with E-state index in [1.165, 1.54) is 7.11 Å². The van der Waals surface area contributed by atoms with Gasteiger partial charge in [0.25, 0.3) is 0 Å². The van der Waals surface area contributed by atoms with Crippen LogP contribution in [0.3, 0.4) is 0 Å². The molecule has 1 aliphatic heterocycles. The topological polar surface area (TPSA) is 67.4 Å². The summed E-state index contributed by atoms with van der Waals surface area (Å²) in [5.74, 6) is -0.314. The average Bonchev–Trinajstić information content (AvgIpc) is 2.29. The van der Waals surface area contributed by atoms with Gasteiger partial charge in [-0.2, -0.15) is 0 Å². The molecule has 94 valence electrons. The fourth-order valence-corrected chi connectivity index (χ4v) is 1.59. The fraction of sp³-hybridized carbons (Fsp3) is 0.800. The Kier molecular flexibility index (Phi) is 7.93. The molecule has 0 bridgehead atoms. The molecule has 1 saturated heterocycles. The number of piperidine rings is 1. The van der Waals surface area contributed by atoms with Crippen LogP contribution in [0, 0.1) is 0 Å². The quantitative estimate of drug-likeness (QED) is 0.701. The highest BCUT2D eigenvalue weighted by atomic mass is 35.5. The van der Waals surface area contributed by atoms with Gasteiger partial charge in [0.1, 0.15) is 0 Å². The number of methoxy groups -OCH3 is 1. The van der Waals surface area contributed by atoms with E-state index in [0.29, 0.717) is 6.54 Å². The molecule has 0 aliphatic carbocycles. The molecule has 0 aromatic rings. The van der Waals surface area contributed by atoms with E-state index in [4.69, 9.17) is 0 Å². The maximum Gasteiger partial charge on any atom is 0.307 e. The van der Waals surface area contributed by atoms with E-state index in [0.717, 1.165) is 25.8 Å². The molecule has 1 unspecified atom stereocenters. The van der Waals surface area contributed by atoms with E-state index in [9.17, 15) is 9.59 Å². The van der Waals surface area contributed by atoms with Crippen molar-refractivity contribution in [1.29, 1.82) is 0 Å². The fourth-order valence-electron chi connectivity index (χ4n) is 1.59. The number of amides is 1. The lowest BCUT2D eigenvalue weighted by atomic mass is 10.0. The molecule has 0 radical (unpaired) electrons. The van der Waals surface area contributed by atoms with Crippen LogP contribution in [0.5, 0.6) is 0 Å². The number of hydrogen-bond acceptors (Lipinski definition) is 4. The number of carbonyl (C=O) groups is 2. The van der Waals surface area contributed by atoms with Gasteiger partial charge in [0.15, 0.2) is 0 Å². The number of ether oxygens (including phenoxy) is 1. The maximum absolute atomic E-state index is 11.5. The number of halogens is 1. The normalized spacial score (nSPS) is 19.4. The predicted octanol–water partition coefficient (Wildman–Crippen LogP) is 0.230. The Hall–Kier alpha value is -0.810. The first-order valence-electron chi connectivity index (χ1n) is 5.32. The Balaban J connectivity index is 0.00000225. The first-order valence-corrected chi connectivity index (χ1v) is 5.32. The molecule has 6 heteroatoms. The van der Waals surface area contributed by atoms with E-state index >= 15 is 0 Å².